The summed E-state index contributed by atoms with van der Waals surface area (Å²) in [5.74, 6) is -0.583. The molecule has 1 heterocycles. The Hall–Kier alpha value is -3.52. The van der Waals surface area contributed by atoms with Crippen molar-refractivity contribution in [2.45, 2.75) is 27.2 Å². The fourth-order valence-electron chi connectivity index (χ4n) is 3.09. The first-order valence-electron chi connectivity index (χ1n) is 10.3. The van der Waals surface area contributed by atoms with E-state index in [0.717, 1.165) is 17.7 Å². The SMILES string of the molecule is CCOCCCNC(=O)c1cccc(NC(=O)c2nnn(-c3cccc(C)c3)c2C)c1. The summed E-state index contributed by atoms with van der Waals surface area (Å²) in [6.07, 6.45) is 0.742. The lowest BCUT2D eigenvalue weighted by atomic mass is 10.1. The summed E-state index contributed by atoms with van der Waals surface area (Å²) in [6, 6.07) is 14.6. The Balaban J connectivity index is 1.66. The number of anilines is 1. The van der Waals surface area contributed by atoms with E-state index in [1.807, 2.05) is 38.1 Å². The highest BCUT2D eigenvalue weighted by atomic mass is 16.5. The number of ether oxygens (including phenoxy) is 1. The van der Waals surface area contributed by atoms with Gasteiger partial charge in [-0.15, -0.1) is 5.10 Å². The van der Waals surface area contributed by atoms with Crippen LogP contribution < -0.4 is 10.6 Å². The smallest absolute Gasteiger partial charge is 0.278 e. The third-order valence-electron chi connectivity index (χ3n) is 4.69. The van der Waals surface area contributed by atoms with Gasteiger partial charge in [0.15, 0.2) is 5.69 Å². The molecule has 0 aliphatic carbocycles. The quantitative estimate of drug-likeness (QED) is 0.517. The molecule has 0 saturated heterocycles. The zero-order chi connectivity index (χ0) is 22.2. The van der Waals surface area contributed by atoms with Crippen molar-refractivity contribution < 1.29 is 14.3 Å². The molecule has 0 unspecified atom stereocenters. The molecular weight excluding hydrogens is 394 g/mol. The third kappa shape index (κ3) is 5.76. The number of amides is 2. The molecule has 0 fully saturated rings. The van der Waals surface area contributed by atoms with Crippen molar-refractivity contribution in [2.75, 3.05) is 25.1 Å². The van der Waals surface area contributed by atoms with Crippen molar-refractivity contribution in [1.29, 1.82) is 0 Å². The molecule has 0 bridgehead atoms. The van der Waals surface area contributed by atoms with E-state index in [2.05, 4.69) is 20.9 Å². The van der Waals surface area contributed by atoms with Crippen LogP contribution >= 0.6 is 0 Å². The Morgan fingerprint density at radius 1 is 1.06 bits per heavy atom. The number of benzene rings is 2. The second-order valence-electron chi connectivity index (χ2n) is 7.12. The molecule has 31 heavy (non-hydrogen) atoms. The van der Waals surface area contributed by atoms with Crippen LogP contribution in [-0.4, -0.2) is 46.6 Å². The molecule has 0 aliphatic rings. The van der Waals surface area contributed by atoms with Gasteiger partial charge in [-0.05, 0) is 63.1 Å². The van der Waals surface area contributed by atoms with E-state index < -0.39 is 0 Å². The molecular formula is C23H27N5O3. The van der Waals surface area contributed by atoms with Crippen molar-refractivity contribution in [3.05, 3.63) is 71.0 Å². The number of nitrogens with zero attached hydrogens (tertiary/aromatic N) is 3. The molecule has 8 heteroatoms. The number of carbonyl (C=O) groups excluding carboxylic acids is 2. The highest BCUT2D eigenvalue weighted by Gasteiger charge is 2.18. The van der Waals surface area contributed by atoms with Crippen LogP contribution in [0.2, 0.25) is 0 Å². The van der Waals surface area contributed by atoms with Crippen LogP contribution in [0.15, 0.2) is 48.5 Å². The largest absolute Gasteiger partial charge is 0.382 e. The fourth-order valence-corrected chi connectivity index (χ4v) is 3.09. The molecule has 0 aliphatic heterocycles. The number of hydrogen-bond donors (Lipinski definition) is 2. The van der Waals surface area contributed by atoms with E-state index in [9.17, 15) is 9.59 Å². The minimum Gasteiger partial charge on any atom is -0.382 e. The van der Waals surface area contributed by atoms with Gasteiger partial charge in [-0.3, -0.25) is 9.59 Å². The predicted octanol–water partition coefficient (Wildman–Crippen LogP) is 3.29. The number of carbonyl (C=O) groups is 2. The monoisotopic (exact) mass is 421 g/mol. The molecule has 2 N–H and O–H groups in total. The second-order valence-corrected chi connectivity index (χ2v) is 7.12. The molecule has 2 amide bonds. The summed E-state index contributed by atoms with van der Waals surface area (Å²) in [7, 11) is 0. The maximum atomic E-state index is 12.8. The minimum atomic E-state index is -0.384. The molecule has 162 valence electrons. The van der Waals surface area contributed by atoms with Gasteiger partial charge in [-0.2, -0.15) is 0 Å². The topological polar surface area (TPSA) is 98.1 Å². The highest BCUT2D eigenvalue weighted by Crippen LogP contribution is 2.16. The normalized spacial score (nSPS) is 10.7. The fraction of sp³-hybridized carbons (Fsp3) is 0.304. The summed E-state index contributed by atoms with van der Waals surface area (Å²) >= 11 is 0. The van der Waals surface area contributed by atoms with Crippen LogP contribution in [-0.2, 0) is 4.74 Å². The molecule has 8 nitrogen and oxygen atoms in total. The lowest BCUT2D eigenvalue weighted by Crippen LogP contribution is -2.25. The number of rotatable bonds is 9. The molecule has 0 saturated carbocycles. The zero-order valence-electron chi connectivity index (χ0n) is 18.0. The predicted molar refractivity (Wildman–Crippen MR) is 119 cm³/mol. The van der Waals surface area contributed by atoms with Gasteiger partial charge in [-0.25, -0.2) is 4.68 Å². The summed E-state index contributed by atoms with van der Waals surface area (Å²) in [5.41, 5.74) is 3.77. The molecule has 0 radical (unpaired) electrons. The second kappa shape index (κ2) is 10.5. The van der Waals surface area contributed by atoms with Crippen LogP contribution in [0.3, 0.4) is 0 Å². The van der Waals surface area contributed by atoms with E-state index in [4.69, 9.17) is 4.74 Å². The van der Waals surface area contributed by atoms with E-state index in [-0.39, 0.29) is 17.5 Å². The number of aromatic nitrogens is 3. The zero-order valence-corrected chi connectivity index (χ0v) is 18.0. The Morgan fingerprint density at radius 2 is 1.87 bits per heavy atom. The summed E-state index contributed by atoms with van der Waals surface area (Å²) in [5, 5.41) is 13.8. The first kappa shape index (κ1) is 22.2. The molecule has 0 spiro atoms. The van der Waals surface area contributed by atoms with Crippen LogP contribution in [0, 0.1) is 13.8 Å². The van der Waals surface area contributed by atoms with Gasteiger partial charge in [0.2, 0.25) is 0 Å². The standard InChI is InChI=1S/C23H27N5O3/c1-4-31-13-7-12-24-22(29)18-9-6-10-19(15-18)25-23(30)21-17(3)28(27-26-21)20-11-5-8-16(2)14-20/h5-6,8-11,14-15H,4,7,12-13H2,1-3H3,(H,24,29)(H,25,30). The third-order valence-corrected chi connectivity index (χ3v) is 4.69. The van der Waals surface area contributed by atoms with Gasteiger partial charge in [0.25, 0.3) is 11.8 Å². The van der Waals surface area contributed by atoms with Crippen molar-refractivity contribution in [1.82, 2.24) is 20.3 Å². The van der Waals surface area contributed by atoms with Crippen LogP contribution in [0.5, 0.6) is 0 Å². The Morgan fingerprint density at radius 3 is 2.65 bits per heavy atom. The van der Waals surface area contributed by atoms with Crippen molar-refractivity contribution in [3.8, 4) is 5.69 Å². The maximum Gasteiger partial charge on any atom is 0.278 e. The van der Waals surface area contributed by atoms with E-state index >= 15 is 0 Å². The van der Waals surface area contributed by atoms with Crippen molar-refractivity contribution in [3.63, 3.8) is 0 Å². The molecule has 2 aromatic carbocycles. The molecule has 3 rings (SSSR count). The van der Waals surface area contributed by atoms with E-state index in [0.29, 0.717) is 36.7 Å². The number of aryl methyl sites for hydroxylation is 1. The lowest BCUT2D eigenvalue weighted by molar-refractivity contribution is 0.0942. The van der Waals surface area contributed by atoms with Gasteiger partial charge >= 0.3 is 0 Å². The van der Waals surface area contributed by atoms with Gasteiger partial charge < -0.3 is 15.4 Å². The summed E-state index contributed by atoms with van der Waals surface area (Å²) in [6.45, 7) is 7.51. The minimum absolute atomic E-state index is 0.200. The van der Waals surface area contributed by atoms with Gasteiger partial charge in [0.05, 0.1) is 11.4 Å². The summed E-state index contributed by atoms with van der Waals surface area (Å²) in [4.78, 5) is 25.1. The van der Waals surface area contributed by atoms with E-state index in [1.54, 1.807) is 35.9 Å². The van der Waals surface area contributed by atoms with Crippen molar-refractivity contribution >= 4 is 17.5 Å². The van der Waals surface area contributed by atoms with Gasteiger partial charge in [-0.1, -0.05) is 23.4 Å². The average Bonchev–Trinajstić information content (AvgIpc) is 3.15. The van der Waals surface area contributed by atoms with Crippen molar-refractivity contribution in [2.24, 2.45) is 0 Å². The summed E-state index contributed by atoms with van der Waals surface area (Å²) < 4.78 is 6.89. The van der Waals surface area contributed by atoms with E-state index in [1.165, 1.54) is 0 Å². The number of nitrogens with one attached hydrogen (secondary N) is 2. The van der Waals surface area contributed by atoms with Crippen LogP contribution in [0.25, 0.3) is 5.69 Å². The first-order chi connectivity index (χ1) is 15.0. The molecule has 0 atom stereocenters. The Kier molecular flexibility index (Phi) is 7.50. The van der Waals surface area contributed by atoms with Gasteiger partial charge in [0.1, 0.15) is 0 Å². The van der Waals surface area contributed by atoms with Crippen LogP contribution in [0.1, 0.15) is 45.4 Å². The first-order valence-corrected chi connectivity index (χ1v) is 10.3. The highest BCUT2D eigenvalue weighted by molar-refractivity contribution is 6.04. The van der Waals surface area contributed by atoms with Gasteiger partial charge in [0, 0.05) is 31.0 Å². The molecule has 1 aromatic heterocycles. The lowest BCUT2D eigenvalue weighted by Gasteiger charge is -2.08. The Labute approximate surface area is 181 Å². The Bertz CT molecular complexity index is 1060. The average molecular weight is 422 g/mol. The van der Waals surface area contributed by atoms with Crippen LogP contribution in [0.4, 0.5) is 5.69 Å². The maximum absolute atomic E-state index is 12.8. The molecule has 3 aromatic rings. The number of hydrogen-bond acceptors (Lipinski definition) is 5.